The van der Waals surface area contributed by atoms with Crippen molar-refractivity contribution in [2.45, 2.75) is 20.3 Å². The minimum Gasteiger partial charge on any atom is -0.483 e. The highest BCUT2D eigenvalue weighted by molar-refractivity contribution is 5.85. The van der Waals surface area contributed by atoms with E-state index in [1.54, 1.807) is 0 Å². The van der Waals surface area contributed by atoms with Crippen molar-refractivity contribution in [1.29, 1.82) is 0 Å². The van der Waals surface area contributed by atoms with E-state index in [0.29, 0.717) is 6.54 Å². The van der Waals surface area contributed by atoms with Crippen molar-refractivity contribution in [3.63, 3.8) is 0 Å². The van der Waals surface area contributed by atoms with Crippen LogP contribution in [-0.2, 0) is 4.79 Å². The molecule has 1 fully saturated rings. The van der Waals surface area contributed by atoms with E-state index in [-0.39, 0.29) is 24.9 Å². The fourth-order valence-corrected chi connectivity index (χ4v) is 2.52. The molecule has 2 N–H and O–H groups in total. The van der Waals surface area contributed by atoms with Crippen LogP contribution >= 0.6 is 12.4 Å². The molecule has 1 heterocycles. The zero-order chi connectivity index (χ0) is 15.8. The molecule has 1 saturated heterocycles. The van der Waals surface area contributed by atoms with Crippen LogP contribution in [0.2, 0.25) is 0 Å². The minimum atomic E-state index is -0.0544. The largest absolute Gasteiger partial charge is 0.483 e. The van der Waals surface area contributed by atoms with Gasteiger partial charge in [0, 0.05) is 32.7 Å². The second-order valence-corrected chi connectivity index (χ2v) is 5.85. The molecule has 1 aromatic rings. The Morgan fingerprint density at radius 3 is 2.78 bits per heavy atom. The Morgan fingerprint density at radius 2 is 2.04 bits per heavy atom. The molecule has 1 amide bonds. The number of carbonyl (C=O) groups is 1. The molecule has 0 atom stereocenters. The van der Waals surface area contributed by atoms with Gasteiger partial charge in [-0.15, -0.1) is 12.4 Å². The Labute approximate surface area is 145 Å². The minimum absolute atomic E-state index is 0. The first-order chi connectivity index (χ1) is 10.6. The molecule has 23 heavy (non-hydrogen) atoms. The van der Waals surface area contributed by atoms with E-state index in [2.05, 4.69) is 15.5 Å². The highest BCUT2D eigenvalue weighted by Gasteiger charge is 2.09. The van der Waals surface area contributed by atoms with Crippen LogP contribution < -0.4 is 15.4 Å². The van der Waals surface area contributed by atoms with Crippen LogP contribution in [0.4, 0.5) is 0 Å². The first-order valence-corrected chi connectivity index (χ1v) is 8.05. The highest BCUT2D eigenvalue weighted by atomic mass is 35.5. The number of hydrogen-bond donors (Lipinski definition) is 2. The lowest BCUT2D eigenvalue weighted by Gasteiger charge is -2.27. The summed E-state index contributed by atoms with van der Waals surface area (Å²) < 4.78 is 5.60. The Hall–Kier alpha value is -1.30. The zero-order valence-corrected chi connectivity index (χ0v) is 14.9. The van der Waals surface area contributed by atoms with Crippen LogP contribution in [0.15, 0.2) is 18.2 Å². The molecule has 6 heteroatoms. The number of amides is 1. The number of piperazine rings is 1. The molecular formula is C17H28ClN3O2. The number of halogens is 1. The first-order valence-electron chi connectivity index (χ1n) is 8.05. The normalized spacial score (nSPS) is 14.9. The third-order valence-corrected chi connectivity index (χ3v) is 3.89. The van der Waals surface area contributed by atoms with Gasteiger partial charge in [-0.2, -0.15) is 0 Å². The summed E-state index contributed by atoms with van der Waals surface area (Å²) >= 11 is 0. The molecule has 2 rings (SSSR count). The monoisotopic (exact) mass is 341 g/mol. The number of nitrogens with zero attached hydrogens (tertiary/aromatic N) is 1. The maximum Gasteiger partial charge on any atom is 0.257 e. The predicted octanol–water partition coefficient (Wildman–Crippen LogP) is 1.52. The molecule has 0 saturated carbocycles. The Kier molecular flexibility index (Phi) is 8.99. The summed E-state index contributed by atoms with van der Waals surface area (Å²) in [5, 5.41) is 6.26. The molecule has 0 aromatic heterocycles. The summed E-state index contributed by atoms with van der Waals surface area (Å²) in [6.07, 6.45) is 0.981. The van der Waals surface area contributed by atoms with Gasteiger partial charge in [0.05, 0.1) is 0 Å². The second-order valence-electron chi connectivity index (χ2n) is 5.85. The van der Waals surface area contributed by atoms with Gasteiger partial charge < -0.3 is 20.3 Å². The van der Waals surface area contributed by atoms with Gasteiger partial charge in [-0.1, -0.05) is 12.1 Å². The molecule has 1 aliphatic rings. The molecule has 0 bridgehead atoms. The van der Waals surface area contributed by atoms with Crippen LogP contribution in [0.25, 0.3) is 0 Å². The summed E-state index contributed by atoms with van der Waals surface area (Å²) in [7, 11) is 0. The Bertz CT molecular complexity index is 491. The average molecular weight is 342 g/mol. The number of benzene rings is 1. The first kappa shape index (κ1) is 19.7. The van der Waals surface area contributed by atoms with Gasteiger partial charge in [0.2, 0.25) is 0 Å². The lowest BCUT2D eigenvalue weighted by Crippen LogP contribution is -2.44. The predicted molar refractivity (Wildman–Crippen MR) is 95.6 cm³/mol. The fraction of sp³-hybridized carbons (Fsp3) is 0.588. The zero-order valence-electron chi connectivity index (χ0n) is 14.1. The van der Waals surface area contributed by atoms with E-state index >= 15 is 0 Å². The topological polar surface area (TPSA) is 53.6 Å². The number of ether oxygens (including phenoxy) is 1. The van der Waals surface area contributed by atoms with Crippen molar-refractivity contribution in [3.8, 4) is 5.75 Å². The molecule has 0 unspecified atom stereocenters. The highest BCUT2D eigenvalue weighted by Crippen LogP contribution is 2.18. The molecule has 1 aromatic carbocycles. The van der Waals surface area contributed by atoms with E-state index in [9.17, 15) is 4.79 Å². The Morgan fingerprint density at radius 1 is 1.30 bits per heavy atom. The standard InChI is InChI=1S/C17H27N3O2.ClH/c1-14-4-5-15(2)16(12-14)22-13-17(21)19-6-3-9-20-10-7-18-8-11-20;/h4-5,12,18H,3,6-11,13H2,1-2H3,(H,19,21);1H. The number of rotatable bonds is 7. The summed E-state index contributed by atoms with van der Waals surface area (Å²) in [4.78, 5) is 14.2. The third-order valence-electron chi connectivity index (χ3n) is 3.89. The second kappa shape index (κ2) is 10.5. The van der Waals surface area contributed by atoms with Crippen molar-refractivity contribution in [3.05, 3.63) is 29.3 Å². The van der Waals surface area contributed by atoms with Crippen LogP contribution in [-0.4, -0.2) is 56.7 Å². The number of hydrogen-bond acceptors (Lipinski definition) is 4. The van der Waals surface area contributed by atoms with Crippen molar-refractivity contribution < 1.29 is 9.53 Å². The maximum absolute atomic E-state index is 11.8. The summed E-state index contributed by atoms with van der Waals surface area (Å²) in [6, 6.07) is 6.02. The van der Waals surface area contributed by atoms with E-state index in [0.717, 1.165) is 56.0 Å². The quantitative estimate of drug-likeness (QED) is 0.738. The van der Waals surface area contributed by atoms with Gasteiger partial charge in [-0.05, 0) is 44.0 Å². The van der Waals surface area contributed by atoms with Gasteiger partial charge in [0.15, 0.2) is 6.61 Å². The molecule has 130 valence electrons. The van der Waals surface area contributed by atoms with Crippen molar-refractivity contribution in [1.82, 2.24) is 15.5 Å². The van der Waals surface area contributed by atoms with Crippen LogP contribution in [0.5, 0.6) is 5.75 Å². The van der Waals surface area contributed by atoms with Crippen LogP contribution in [0, 0.1) is 13.8 Å². The molecule has 0 aliphatic carbocycles. The lowest BCUT2D eigenvalue weighted by atomic mass is 10.1. The van der Waals surface area contributed by atoms with Crippen LogP contribution in [0.3, 0.4) is 0 Å². The molecule has 0 spiro atoms. The number of nitrogens with one attached hydrogen (secondary N) is 2. The van der Waals surface area contributed by atoms with Crippen LogP contribution in [0.1, 0.15) is 17.5 Å². The number of aryl methyl sites for hydroxylation is 2. The fourth-order valence-electron chi connectivity index (χ4n) is 2.52. The number of carbonyl (C=O) groups excluding carboxylic acids is 1. The molecule has 5 nitrogen and oxygen atoms in total. The van der Waals surface area contributed by atoms with Gasteiger partial charge in [-0.3, -0.25) is 4.79 Å². The van der Waals surface area contributed by atoms with E-state index in [1.165, 1.54) is 0 Å². The molecule has 0 radical (unpaired) electrons. The average Bonchev–Trinajstić information content (AvgIpc) is 2.53. The van der Waals surface area contributed by atoms with Crippen molar-refractivity contribution >= 4 is 18.3 Å². The van der Waals surface area contributed by atoms with E-state index < -0.39 is 0 Å². The molecular weight excluding hydrogens is 314 g/mol. The van der Waals surface area contributed by atoms with Gasteiger partial charge in [-0.25, -0.2) is 0 Å². The van der Waals surface area contributed by atoms with Crippen molar-refractivity contribution in [2.24, 2.45) is 0 Å². The molecule has 1 aliphatic heterocycles. The van der Waals surface area contributed by atoms with E-state index in [4.69, 9.17) is 4.74 Å². The third kappa shape index (κ3) is 7.20. The lowest BCUT2D eigenvalue weighted by molar-refractivity contribution is -0.123. The summed E-state index contributed by atoms with van der Waals surface area (Å²) in [6.45, 7) is 10.2. The van der Waals surface area contributed by atoms with E-state index in [1.807, 2.05) is 32.0 Å². The smallest absolute Gasteiger partial charge is 0.257 e. The van der Waals surface area contributed by atoms with Gasteiger partial charge in [0.25, 0.3) is 5.91 Å². The van der Waals surface area contributed by atoms with Gasteiger partial charge in [0.1, 0.15) is 5.75 Å². The van der Waals surface area contributed by atoms with Crippen molar-refractivity contribution in [2.75, 3.05) is 45.9 Å². The van der Waals surface area contributed by atoms with Gasteiger partial charge >= 0.3 is 0 Å². The summed E-state index contributed by atoms with van der Waals surface area (Å²) in [5.41, 5.74) is 2.19. The Balaban J connectivity index is 0.00000264. The SMILES string of the molecule is Cc1ccc(C)c(OCC(=O)NCCCN2CCNCC2)c1.Cl. The summed E-state index contributed by atoms with van der Waals surface area (Å²) in [5.74, 6) is 0.734. The maximum atomic E-state index is 11.8.